The number of hydrogen-bond acceptors (Lipinski definition) is 2. The molecular weight excluding hydrogens is 196 g/mol. The lowest BCUT2D eigenvalue weighted by Crippen LogP contribution is -2.49. The smallest absolute Gasteiger partial charge is 0.00966 e. The quantitative estimate of drug-likeness (QED) is 0.793. The van der Waals surface area contributed by atoms with Crippen LogP contribution in [0.15, 0.2) is 0 Å². The van der Waals surface area contributed by atoms with Gasteiger partial charge < -0.3 is 10.2 Å². The highest BCUT2D eigenvalue weighted by Gasteiger charge is 2.27. The second-order valence-corrected chi connectivity index (χ2v) is 6.05. The molecule has 0 aromatic rings. The molecule has 2 fully saturated rings. The van der Waals surface area contributed by atoms with Gasteiger partial charge in [0.1, 0.15) is 0 Å². The molecule has 0 aromatic heterocycles. The van der Waals surface area contributed by atoms with Crippen LogP contribution >= 0.6 is 0 Å². The van der Waals surface area contributed by atoms with Crippen molar-refractivity contribution in [3.63, 3.8) is 0 Å². The molecule has 1 N–H and O–H groups in total. The van der Waals surface area contributed by atoms with E-state index in [9.17, 15) is 0 Å². The zero-order valence-corrected chi connectivity index (χ0v) is 11.2. The van der Waals surface area contributed by atoms with Gasteiger partial charge in [-0.25, -0.2) is 0 Å². The lowest BCUT2D eigenvalue weighted by molar-refractivity contribution is 0.157. The Kier molecular flexibility index (Phi) is 4.26. The highest BCUT2D eigenvalue weighted by Crippen LogP contribution is 2.28. The van der Waals surface area contributed by atoms with Gasteiger partial charge in [-0.3, -0.25) is 0 Å². The van der Waals surface area contributed by atoms with E-state index in [0.29, 0.717) is 0 Å². The van der Waals surface area contributed by atoms with Crippen molar-refractivity contribution in [3.05, 3.63) is 0 Å². The monoisotopic (exact) mass is 224 g/mol. The van der Waals surface area contributed by atoms with Crippen LogP contribution in [0.4, 0.5) is 0 Å². The molecule has 1 heterocycles. The Bertz CT molecular complexity index is 211. The predicted molar refractivity (Wildman–Crippen MR) is 69.7 cm³/mol. The van der Waals surface area contributed by atoms with Crippen LogP contribution < -0.4 is 5.32 Å². The Morgan fingerprint density at radius 3 is 2.50 bits per heavy atom. The van der Waals surface area contributed by atoms with Crippen LogP contribution in [-0.2, 0) is 0 Å². The molecule has 0 radical (unpaired) electrons. The molecule has 0 spiro atoms. The summed E-state index contributed by atoms with van der Waals surface area (Å²) in [5.41, 5.74) is 0. The molecule has 0 bridgehead atoms. The van der Waals surface area contributed by atoms with Crippen molar-refractivity contribution in [3.8, 4) is 0 Å². The highest BCUT2D eigenvalue weighted by atomic mass is 15.1. The van der Waals surface area contributed by atoms with Gasteiger partial charge in [0, 0.05) is 18.1 Å². The van der Waals surface area contributed by atoms with Gasteiger partial charge in [0.25, 0.3) is 0 Å². The van der Waals surface area contributed by atoms with Crippen molar-refractivity contribution in [2.45, 2.75) is 70.5 Å². The van der Waals surface area contributed by atoms with Gasteiger partial charge in [-0.05, 0) is 59.0 Å². The van der Waals surface area contributed by atoms with E-state index >= 15 is 0 Å². The van der Waals surface area contributed by atoms with E-state index in [0.717, 1.165) is 24.0 Å². The summed E-state index contributed by atoms with van der Waals surface area (Å²) < 4.78 is 0. The van der Waals surface area contributed by atoms with Crippen LogP contribution in [0, 0.1) is 5.92 Å². The third-order valence-electron chi connectivity index (χ3n) is 4.81. The summed E-state index contributed by atoms with van der Waals surface area (Å²) in [6.45, 7) is 6.02. The van der Waals surface area contributed by atoms with Crippen molar-refractivity contribution in [2.24, 2.45) is 5.92 Å². The van der Waals surface area contributed by atoms with Crippen LogP contribution in [0.5, 0.6) is 0 Å². The molecule has 2 nitrogen and oxygen atoms in total. The number of nitrogens with zero attached hydrogens (tertiary/aromatic N) is 1. The van der Waals surface area contributed by atoms with Gasteiger partial charge in [-0.1, -0.05) is 12.8 Å². The Hall–Kier alpha value is -0.0800. The van der Waals surface area contributed by atoms with E-state index in [1.54, 1.807) is 0 Å². The standard InChI is InChI=1S/C14H28N2/c1-11-10-14(8-9-16(11)3)15-12(2)13-6-4-5-7-13/h11-15H,4-10H2,1-3H3/t11?,12-,14?/m1/s1. The largest absolute Gasteiger partial charge is 0.311 e. The van der Waals surface area contributed by atoms with Gasteiger partial charge in [0.15, 0.2) is 0 Å². The molecule has 1 aliphatic carbocycles. The van der Waals surface area contributed by atoms with Crippen molar-refractivity contribution >= 4 is 0 Å². The molecule has 0 amide bonds. The zero-order chi connectivity index (χ0) is 11.5. The maximum Gasteiger partial charge on any atom is 0.00966 e. The van der Waals surface area contributed by atoms with E-state index in [-0.39, 0.29) is 0 Å². The van der Waals surface area contributed by atoms with Gasteiger partial charge in [0.05, 0.1) is 0 Å². The van der Waals surface area contributed by atoms with Crippen molar-refractivity contribution in [1.82, 2.24) is 10.2 Å². The van der Waals surface area contributed by atoms with Crippen LogP contribution in [0.2, 0.25) is 0 Å². The van der Waals surface area contributed by atoms with Crippen molar-refractivity contribution < 1.29 is 0 Å². The molecule has 16 heavy (non-hydrogen) atoms. The molecule has 2 heteroatoms. The lowest BCUT2D eigenvalue weighted by atomic mass is 9.94. The molecular formula is C14H28N2. The first-order valence-electron chi connectivity index (χ1n) is 7.13. The van der Waals surface area contributed by atoms with E-state index in [1.807, 2.05) is 0 Å². The summed E-state index contributed by atoms with van der Waals surface area (Å²) in [5, 5.41) is 3.89. The van der Waals surface area contributed by atoms with E-state index in [2.05, 4.69) is 31.1 Å². The average molecular weight is 224 g/mol. The minimum Gasteiger partial charge on any atom is -0.311 e. The molecule has 2 aliphatic rings. The Labute approximate surface area is 101 Å². The highest BCUT2D eigenvalue weighted by molar-refractivity contribution is 4.85. The minimum atomic E-state index is 0.739. The summed E-state index contributed by atoms with van der Waals surface area (Å²) in [5.74, 6) is 0.954. The summed E-state index contributed by atoms with van der Waals surface area (Å²) in [7, 11) is 2.25. The Balaban J connectivity index is 1.76. The van der Waals surface area contributed by atoms with Crippen LogP contribution in [-0.4, -0.2) is 36.6 Å². The normalized spacial score (nSPS) is 35.4. The summed E-state index contributed by atoms with van der Waals surface area (Å²) in [6, 6.07) is 2.26. The second-order valence-electron chi connectivity index (χ2n) is 6.05. The summed E-state index contributed by atoms with van der Waals surface area (Å²) >= 11 is 0. The second kappa shape index (κ2) is 5.50. The summed E-state index contributed by atoms with van der Waals surface area (Å²) in [6.07, 6.45) is 8.49. The van der Waals surface area contributed by atoms with Crippen molar-refractivity contribution in [1.29, 1.82) is 0 Å². The number of rotatable bonds is 3. The predicted octanol–water partition coefficient (Wildman–Crippen LogP) is 2.64. The van der Waals surface area contributed by atoms with Crippen LogP contribution in [0.25, 0.3) is 0 Å². The van der Waals surface area contributed by atoms with Gasteiger partial charge in [-0.2, -0.15) is 0 Å². The van der Waals surface area contributed by atoms with E-state index < -0.39 is 0 Å². The van der Waals surface area contributed by atoms with E-state index in [1.165, 1.54) is 45.1 Å². The molecule has 0 aromatic carbocycles. The number of piperidine rings is 1. The minimum absolute atomic E-state index is 0.739. The fraction of sp³-hybridized carbons (Fsp3) is 1.00. The topological polar surface area (TPSA) is 15.3 Å². The third kappa shape index (κ3) is 2.98. The zero-order valence-electron chi connectivity index (χ0n) is 11.2. The summed E-state index contributed by atoms with van der Waals surface area (Å²) in [4.78, 5) is 2.48. The van der Waals surface area contributed by atoms with Gasteiger partial charge in [-0.15, -0.1) is 0 Å². The average Bonchev–Trinajstić information content (AvgIpc) is 2.77. The van der Waals surface area contributed by atoms with Crippen LogP contribution in [0.1, 0.15) is 52.4 Å². The van der Waals surface area contributed by atoms with Crippen LogP contribution in [0.3, 0.4) is 0 Å². The van der Waals surface area contributed by atoms with Crippen molar-refractivity contribution in [2.75, 3.05) is 13.6 Å². The molecule has 2 unspecified atom stereocenters. The number of nitrogens with one attached hydrogen (secondary N) is 1. The lowest BCUT2D eigenvalue weighted by Gasteiger charge is -2.37. The maximum atomic E-state index is 3.89. The Morgan fingerprint density at radius 1 is 1.19 bits per heavy atom. The van der Waals surface area contributed by atoms with E-state index in [4.69, 9.17) is 0 Å². The Morgan fingerprint density at radius 2 is 1.88 bits per heavy atom. The first-order valence-corrected chi connectivity index (χ1v) is 7.13. The fourth-order valence-corrected chi connectivity index (χ4v) is 3.41. The molecule has 1 saturated heterocycles. The molecule has 94 valence electrons. The fourth-order valence-electron chi connectivity index (χ4n) is 3.41. The molecule has 1 saturated carbocycles. The first-order chi connectivity index (χ1) is 7.66. The molecule has 3 atom stereocenters. The van der Waals surface area contributed by atoms with Gasteiger partial charge >= 0.3 is 0 Å². The maximum absolute atomic E-state index is 3.89. The molecule has 1 aliphatic heterocycles. The van der Waals surface area contributed by atoms with Gasteiger partial charge in [0.2, 0.25) is 0 Å². The number of hydrogen-bond donors (Lipinski definition) is 1. The molecule has 2 rings (SSSR count). The first kappa shape index (κ1) is 12.4. The SMILES string of the molecule is CC1CC(N[C@H](C)C2CCCC2)CCN1C. The third-order valence-corrected chi connectivity index (χ3v) is 4.81. The number of likely N-dealkylation sites (tertiary alicyclic amines) is 1.